The fourth-order valence-corrected chi connectivity index (χ4v) is 2.07. The molecule has 0 saturated heterocycles. The van der Waals surface area contributed by atoms with Crippen LogP contribution in [-0.2, 0) is 6.54 Å². The SMILES string of the molecule is Fc1cccc(NCc2cc(Br)ccc2Cl)c1. The monoisotopic (exact) mass is 313 g/mol. The summed E-state index contributed by atoms with van der Waals surface area (Å²) in [7, 11) is 0. The molecule has 88 valence electrons. The summed E-state index contributed by atoms with van der Waals surface area (Å²) in [5, 5.41) is 3.82. The smallest absolute Gasteiger partial charge is 0.125 e. The van der Waals surface area contributed by atoms with Crippen LogP contribution in [0.15, 0.2) is 46.9 Å². The minimum absolute atomic E-state index is 0.254. The van der Waals surface area contributed by atoms with Crippen molar-refractivity contribution in [3.05, 3.63) is 63.3 Å². The number of hydrogen-bond donors (Lipinski definition) is 1. The molecule has 0 spiro atoms. The van der Waals surface area contributed by atoms with Crippen LogP contribution in [0.25, 0.3) is 0 Å². The van der Waals surface area contributed by atoms with Crippen LogP contribution in [0.4, 0.5) is 10.1 Å². The molecule has 0 aliphatic carbocycles. The first-order valence-corrected chi connectivity index (χ1v) is 6.25. The molecule has 1 nitrogen and oxygen atoms in total. The Morgan fingerprint density at radius 2 is 2.00 bits per heavy atom. The van der Waals surface area contributed by atoms with E-state index in [9.17, 15) is 4.39 Å². The molecule has 4 heteroatoms. The van der Waals surface area contributed by atoms with Crippen LogP contribution in [0.2, 0.25) is 5.02 Å². The fourth-order valence-electron chi connectivity index (χ4n) is 1.47. The molecule has 0 saturated carbocycles. The van der Waals surface area contributed by atoms with Crippen LogP contribution in [-0.4, -0.2) is 0 Å². The minimum atomic E-state index is -0.254. The van der Waals surface area contributed by atoms with E-state index >= 15 is 0 Å². The highest BCUT2D eigenvalue weighted by Crippen LogP contribution is 2.22. The van der Waals surface area contributed by atoms with Crippen molar-refractivity contribution in [3.63, 3.8) is 0 Å². The van der Waals surface area contributed by atoms with Crippen molar-refractivity contribution < 1.29 is 4.39 Å². The second-order valence-corrected chi connectivity index (χ2v) is 4.92. The molecule has 0 heterocycles. The molecule has 0 fully saturated rings. The molecule has 2 aromatic carbocycles. The van der Waals surface area contributed by atoms with Crippen LogP contribution < -0.4 is 5.32 Å². The lowest BCUT2D eigenvalue weighted by molar-refractivity contribution is 0.628. The van der Waals surface area contributed by atoms with Crippen molar-refractivity contribution in [1.29, 1.82) is 0 Å². The van der Waals surface area contributed by atoms with E-state index in [0.717, 1.165) is 15.7 Å². The largest absolute Gasteiger partial charge is 0.381 e. The molecule has 0 aliphatic rings. The summed E-state index contributed by atoms with van der Waals surface area (Å²) >= 11 is 9.45. The van der Waals surface area contributed by atoms with Crippen molar-refractivity contribution in [2.45, 2.75) is 6.54 Å². The van der Waals surface area contributed by atoms with E-state index in [2.05, 4.69) is 21.2 Å². The zero-order chi connectivity index (χ0) is 12.3. The summed E-state index contributed by atoms with van der Waals surface area (Å²) in [5.41, 5.74) is 1.70. The van der Waals surface area contributed by atoms with E-state index in [-0.39, 0.29) is 5.82 Å². The molecule has 0 aromatic heterocycles. The Bertz CT molecular complexity index is 531. The lowest BCUT2D eigenvalue weighted by atomic mass is 10.2. The summed E-state index contributed by atoms with van der Waals surface area (Å²) in [6.45, 7) is 0.557. The molecular weight excluding hydrogens is 305 g/mol. The van der Waals surface area contributed by atoms with E-state index in [4.69, 9.17) is 11.6 Å². The van der Waals surface area contributed by atoms with Gasteiger partial charge in [-0.1, -0.05) is 33.6 Å². The third-order valence-electron chi connectivity index (χ3n) is 2.32. The lowest BCUT2D eigenvalue weighted by Gasteiger charge is -2.08. The van der Waals surface area contributed by atoms with Crippen molar-refractivity contribution in [1.82, 2.24) is 0 Å². The number of anilines is 1. The van der Waals surface area contributed by atoms with E-state index in [0.29, 0.717) is 11.6 Å². The standard InChI is InChI=1S/C13H10BrClFN/c14-10-4-5-13(15)9(6-10)8-17-12-3-1-2-11(16)7-12/h1-7,17H,8H2. The summed E-state index contributed by atoms with van der Waals surface area (Å²) in [4.78, 5) is 0. The minimum Gasteiger partial charge on any atom is -0.381 e. The maximum atomic E-state index is 13.0. The summed E-state index contributed by atoms with van der Waals surface area (Å²) in [5.74, 6) is -0.254. The summed E-state index contributed by atoms with van der Waals surface area (Å²) in [6.07, 6.45) is 0. The highest BCUT2D eigenvalue weighted by Gasteiger charge is 2.01. The maximum Gasteiger partial charge on any atom is 0.125 e. The molecule has 2 rings (SSSR count). The fraction of sp³-hybridized carbons (Fsp3) is 0.0769. The van der Waals surface area contributed by atoms with E-state index < -0.39 is 0 Å². The van der Waals surface area contributed by atoms with Gasteiger partial charge < -0.3 is 5.32 Å². The number of nitrogens with one attached hydrogen (secondary N) is 1. The van der Waals surface area contributed by atoms with Crippen LogP contribution in [0, 0.1) is 5.82 Å². The Labute approximate surface area is 113 Å². The van der Waals surface area contributed by atoms with Gasteiger partial charge in [-0.15, -0.1) is 0 Å². The first-order valence-electron chi connectivity index (χ1n) is 5.08. The lowest BCUT2D eigenvalue weighted by Crippen LogP contribution is -2.00. The van der Waals surface area contributed by atoms with Gasteiger partial charge in [-0.2, -0.15) is 0 Å². The van der Waals surface area contributed by atoms with Gasteiger partial charge in [-0.05, 0) is 42.0 Å². The zero-order valence-corrected chi connectivity index (χ0v) is 11.2. The second kappa shape index (κ2) is 5.52. The summed E-state index contributed by atoms with van der Waals surface area (Å²) < 4.78 is 13.9. The second-order valence-electron chi connectivity index (χ2n) is 3.60. The predicted molar refractivity (Wildman–Crippen MR) is 72.9 cm³/mol. The van der Waals surface area contributed by atoms with E-state index in [1.165, 1.54) is 12.1 Å². The molecule has 0 amide bonds. The first kappa shape index (κ1) is 12.4. The van der Waals surface area contributed by atoms with Crippen molar-refractivity contribution in [2.24, 2.45) is 0 Å². The van der Waals surface area contributed by atoms with Gasteiger partial charge >= 0.3 is 0 Å². The van der Waals surface area contributed by atoms with Crippen molar-refractivity contribution in [2.75, 3.05) is 5.32 Å². The van der Waals surface area contributed by atoms with Gasteiger partial charge in [-0.3, -0.25) is 0 Å². The highest BCUT2D eigenvalue weighted by atomic mass is 79.9. The van der Waals surface area contributed by atoms with Gasteiger partial charge in [-0.25, -0.2) is 4.39 Å². The van der Waals surface area contributed by atoms with Crippen LogP contribution in [0.5, 0.6) is 0 Å². The average molecular weight is 315 g/mol. The molecule has 0 bridgehead atoms. The van der Waals surface area contributed by atoms with E-state index in [1.807, 2.05) is 24.3 Å². The highest BCUT2D eigenvalue weighted by molar-refractivity contribution is 9.10. The Kier molecular flexibility index (Phi) is 4.02. The number of benzene rings is 2. The predicted octanol–water partition coefficient (Wildman–Crippen LogP) is 4.85. The maximum absolute atomic E-state index is 13.0. The Morgan fingerprint density at radius 3 is 2.76 bits per heavy atom. The van der Waals surface area contributed by atoms with Gasteiger partial charge in [0.25, 0.3) is 0 Å². The number of hydrogen-bond acceptors (Lipinski definition) is 1. The molecule has 17 heavy (non-hydrogen) atoms. The quantitative estimate of drug-likeness (QED) is 0.853. The van der Waals surface area contributed by atoms with Gasteiger partial charge in [0.15, 0.2) is 0 Å². The number of halogens is 3. The number of rotatable bonds is 3. The Balaban J connectivity index is 2.09. The van der Waals surface area contributed by atoms with Gasteiger partial charge in [0.05, 0.1) is 0 Å². The molecule has 0 atom stereocenters. The third-order valence-corrected chi connectivity index (χ3v) is 3.18. The van der Waals surface area contributed by atoms with Crippen LogP contribution in [0.3, 0.4) is 0 Å². The molecule has 0 aliphatic heterocycles. The molecule has 0 unspecified atom stereocenters. The Hall–Kier alpha value is -1.06. The van der Waals surface area contributed by atoms with Crippen LogP contribution >= 0.6 is 27.5 Å². The third kappa shape index (κ3) is 3.45. The van der Waals surface area contributed by atoms with Gasteiger partial charge in [0.2, 0.25) is 0 Å². The van der Waals surface area contributed by atoms with Gasteiger partial charge in [0.1, 0.15) is 5.82 Å². The van der Waals surface area contributed by atoms with Crippen molar-refractivity contribution in [3.8, 4) is 0 Å². The normalized spacial score (nSPS) is 10.3. The van der Waals surface area contributed by atoms with Crippen molar-refractivity contribution >= 4 is 33.2 Å². The molecule has 1 N–H and O–H groups in total. The molecular formula is C13H10BrClFN. The molecule has 2 aromatic rings. The van der Waals surface area contributed by atoms with Crippen LogP contribution in [0.1, 0.15) is 5.56 Å². The van der Waals surface area contributed by atoms with Gasteiger partial charge in [0, 0.05) is 21.7 Å². The van der Waals surface area contributed by atoms with E-state index in [1.54, 1.807) is 6.07 Å². The first-order chi connectivity index (χ1) is 8.15. The Morgan fingerprint density at radius 1 is 1.18 bits per heavy atom. The molecule has 0 radical (unpaired) electrons. The average Bonchev–Trinajstić information content (AvgIpc) is 2.30. The zero-order valence-electron chi connectivity index (χ0n) is 8.88. The topological polar surface area (TPSA) is 12.0 Å². The summed E-state index contributed by atoms with van der Waals surface area (Å²) in [6, 6.07) is 12.0.